The van der Waals surface area contributed by atoms with Gasteiger partial charge in [-0.15, -0.1) is 0 Å². The van der Waals surface area contributed by atoms with Gasteiger partial charge in [0.1, 0.15) is 12.4 Å². The molecule has 1 unspecified atom stereocenters. The lowest BCUT2D eigenvalue weighted by molar-refractivity contribution is 0.233. The molecule has 1 atom stereocenters. The van der Waals surface area contributed by atoms with Crippen LogP contribution in [0.2, 0.25) is 0 Å². The van der Waals surface area contributed by atoms with Crippen LogP contribution in [-0.2, 0) is 0 Å². The van der Waals surface area contributed by atoms with Gasteiger partial charge in [0.2, 0.25) is 0 Å². The van der Waals surface area contributed by atoms with Crippen molar-refractivity contribution in [2.75, 3.05) is 13.2 Å². The van der Waals surface area contributed by atoms with Gasteiger partial charge in [-0.3, -0.25) is 0 Å². The van der Waals surface area contributed by atoms with Gasteiger partial charge in [0.05, 0.1) is 12.6 Å². The predicted octanol–water partition coefficient (Wildman–Crippen LogP) is 3.43. The minimum atomic E-state index is -0.191. The molecule has 116 valence electrons. The van der Waals surface area contributed by atoms with E-state index in [0.29, 0.717) is 13.2 Å². The summed E-state index contributed by atoms with van der Waals surface area (Å²) in [4.78, 5) is 11.8. The predicted molar refractivity (Wildman–Crippen MR) is 88.1 cm³/mol. The lowest BCUT2D eigenvalue weighted by atomic mass is 10.1. The average molecular weight is 298 g/mol. The van der Waals surface area contributed by atoms with Crippen LogP contribution in [0.25, 0.3) is 0 Å². The Hall–Kier alpha value is -2.49. The summed E-state index contributed by atoms with van der Waals surface area (Å²) in [6.07, 6.45) is 0. The third-order valence-corrected chi connectivity index (χ3v) is 3.32. The molecule has 2 rings (SSSR count). The van der Waals surface area contributed by atoms with Crippen molar-refractivity contribution in [2.45, 2.75) is 19.9 Å². The Kier molecular flexibility index (Phi) is 5.83. The molecule has 22 heavy (non-hydrogen) atoms. The molecule has 0 heterocycles. The number of rotatable bonds is 6. The highest BCUT2D eigenvalue weighted by molar-refractivity contribution is 5.74. The Bertz CT molecular complexity index is 582. The first-order valence-corrected chi connectivity index (χ1v) is 7.44. The fraction of sp³-hybridized carbons (Fsp3) is 0.278. The minimum absolute atomic E-state index is 0.0285. The van der Waals surface area contributed by atoms with Crippen LogP contribution in [-0.4, -0.2) is 19.2 Å². The van der Waals surface area contributed by atoms with E-state index in [-0.39, 0.29) is 12.1 Å². The molecule has 0 fully saturated rings. The molecule has 0 aliphatic carbocycles. The van der Waals surface area contributed by atoms with Crippen molar-refractivity contribution in [1.29, 1.82) is 0 Å². The summed E-state index contributed by atoms with van der Waals surface area (Å²) in [7, 11) is 0. The monoisotopic (exact) mass is 298 g/mol. The van der Waals surface area contributed by atoms with Gasteiger partial charge in [-0.2, -0.15) is 0 Å². The number of ether oxygens (including phenoxy) is 1. The standard InChI is InChI=1S/C18H22N2O2/c1-14-8-10-17(11-9-14)22-13-12-19-18(21)20-15(2)16-6-4-3-5-7-16/h3-11,15H,12-13H2,1-2H3,(H2,19,20,21). The average Bonchev–Trinajstić information content (AvgIpc) is 2.54. The highest BCUT2D eigenvalue weighted by Gasteiger charge is 2.08. The molecule has 2 aromatic rings. The van der Waals surface area contributed by atoms with Crippen molar-refractivity contribution < 1.29 is 9.53 Å². The molecule has 0 radical (unpaired) electrons. The number of carbonyl (C=O) groups excluding carboxylic acids is 1. The molecule has 2 aromatic carbocycles. The van der Waals surface area contributed by atoms with Crippen LogP contribution in [0, 0.1) is 6.92 Å². The Labute approximate surface area is 131 Å². The van der Waals surface area contributed by atoms with E-state index in [4.69, 9.17) is 4.74 Å². The quantitative estimate of drug-likeness (QED) is 0.803. The first-order chi connectivity index (χ1) is 10.6. The molecule has 0 saturated heterocycles. The zero-order valence-electron chi connectivity index (χ0n) is 13.0. The van der Waals surface area contributed by atoms with Crippen LogP contribution in [0.1, 0.15) is 24.1 Å². The number of hydrogen-bond donors (Lipinski definition) is 2. The van der Waals surface area contributed by atoms with Gasteiger partial charge in [0.15, 0.2) is 0 Å². The zero-order valence-corrected chi connectivity index (χ0v) is 13.0. The molecule has 4 heteroatoms. The summed E-state index contributed by atoms with van der Waals surface area (Å²) in [5.41, 5.74) is 2.27. The molecule has 2 amide bonds. The van der Waals surface area contributed by atoms with E-state index in [9.17, 15) is 4.79 Å². The van der Waals surface area contributed by atoms with Crippen LogP contribution < -0.4 is 15.4 Å². The molecule has 0 aliphatic rings. The van der Waals surface area contributed by atoms with Gasteiger partial charge in [-0.25, -0.2) is 4.79 Å². The number of aryl methyl sites for hydroxylation is 1. The summed E-state index contributed by atoms with van der Waals surface area (Å²) in [5.74, 6) is 0.811. The van der Waals surface area contributed by atoms with Crippen molar-refractivity contribution in [3.05, 3.63) is 65.7 Å². The second-order valence-electron chi connectivity index (χ2n) is 5.19. The Morgan fingerprint density at radius 3 is 2.45 bits per heavy atom. The number of carbonyl (C=O) groups is 1. The lowest BCUT2D eigenvalue weighted by Crippen LogP contribution is -2.38. The van der Waals surface area contributed by atoms with Gasteiger partial charge in [-0.1, -0.05) is 48.0 Å². The summed E-state index contributed by atoms with van der Waals surface area (Å²) in [6, 6.07) is 17.5. The van der Waals surface area contributed by atoms with E-state index in [2.05, 4.69) is 10.6 Å². The van der Waals surface area contributed by atoms with E-state index in [1.54, 1.807) is 0 Å². The zero-order chi connectivity index (χ0) is 15.8. The normalized spacial score (nSPS) is 11.5. The first kappa shape index (κ1) is 15.9. The van der Waals surface area contributed by atoms with Gasteiger partial charge in [-0.05, 0) is 31.5 Å². The number of amides is 2. The molecule has 0 saturated carbocycles. The van der Waals surface area contributed by atoms with Crippen LogP contribution in [0.4, 0.5) is 4.79 Å². The van der Waals surface area contributed by atoms with Crippen molar-refractivity contribution in [3.63, 3.8) is 0 Å². The summed E-state index contributed by atoms with van der Waals surface area (Å²) < 4.78 is 5.56. The molecule has 0 aromatic heterocycles. The molecule has 0 bridgehead atoms. The molecule has 4 nitrogen and oxygen atoms in total. The SMILES string of the molecule is Cc1ccc(OCCNC(=O)NC(C)c2ccccc2)cc1. The Morgan fingerprint density at radius 2 is 1.77 bits per heavy atom. The Balaban J connectivity index is 1.66. The van der Waals surface area contributed by atoms with E-state index in [1.807, 2.05) is 68.4 Å². The van der Waals surface area contributed by atoms with Crippen LogP contribution in [0.5, 0.6) is 5.75 Å². The third kappa shape index (κ3) is 5.13. The van der Waals surface area contributed by atoms with Crippen LogP contribution in [0.3, 0.4) is 0 Å². The lowest BCUT2D eigenvalue weighted by Gasteiger charge is -2.15. The maximum absolute atomic E-state index is 11.8. The first-order valence-electron chi connectivity index (χ1n) is 7.44. The molecule has 0 aliphatic heterocycles. The fourth-order valence-corrected chi connectivity index (χ4v) is 2.04. The molecule has 0 spiro atoms. The van der Waals surface area contributed by atoms with E-state index in [0.717, 1.165) is 11.3 Å². The highest BCUT2D eigenvalue weighted by atomic mass is 16.5. The van der Waals surface area contributed by atoms with Crippen LogP contribution >= 0.6 is 0 Å². The summed E-state index contributed by atoms with van der Waals surface area (Å²) >= 11 is 0. The second-order valence-corrected chi connectivity index (χ2v) is 5.19. The van der Waals surface area contributed by atoms with E-state index in [1.165, 1.54) is 5.56 Å². The Morgan fingerprint density at radius 1 is 1.09 bits per heavy atom. The fourth-order valence-electron chi connectivity index (χ4n) is 2.04. The number of urea groups is 1. The van der Waals surface area contributed by atoms with Gasteiger partial charge in [0.25, 0.3) is 0 Å². The van der Waals surface area contributed by atoms with Crippen molar-refractivity contribution in [2.24, 2.45) is 0 Å². The smallest absolute Gasteiger partial charge is 0.315 e. The number of hydrogen-bond acceptors (Lipinski definition) is 2. The largest absolute Gasteiger partial charge is 0.492 e. The van der Waals surface area contributed by atoms with Gasteiger partial charge in [0, 0.05) is 0 Å². The topological polar surface area (TPSA) is 50.4 Å². The molecule has 2 N–H and O–H groups in total. The minimum Gasteiger partial charge on any atom is -0.492 e. The van der Waals surface area contributed by atoms with Crippen molar-refractivity contribution in [3.8, 4) is 5.75 Å². The van der Waals surface area contributed by atoms with Crippen molar-refractivity contribution >= 4 is 6.03 Å². The third-order valence-electron chi connectivity index (χ3n) is 3.32. The van der Waals surface area contributed by atoms with Gasteiger partial charge < -0.3 is 15.4 Å². The van der Waals surface area contributed by atoms with Gasteiger partial charge >= 0.3 is 6.03 Å². The molecular formula is C18H22N2O2. The van der Waals surface area contributed by atoms with E-state index < -0.39 is 0 Å². The maximum atomic E-state index is 11.8. The highest BCUT2D eigenvalue weighted by Crippen LogP contribution is 2.11. The summed E-state index contributed by atoms with van der Waals surface area (Å²) in [6.45, 7) is 4.89. The second kappa shape index (κ2) is 8.08. The number of benzene rings is 2. The number of nitrogens with one attached hydrogen (secondary N) is 2. The van der Waals surface area contributed by atoms with Crippen LogP contribution in [0.15, 0.2) is 54.6 Å². The maximum Gasteiger partial charge on any atom is 0.315 e. The summed E-state index contributed by atoms with van der Waals surface area (Å²) in [5, 5.41) is 5.69. The van der Waals surface area contributed by atoms with Crippen molar-refractivity contribution in [1.82, 2.24) is 10.6 Å². The molecular weight excluding hydrogens is 276 g/mol. The van der Waals surface area contributed by atoms with E-state index >= 15 is 0 Å².